The van der Waals surface area contributed by atoms with Gasteiger partial charge in [-0.2, -0.15) is 0 Å². The number of rotatable bonds is 7. The fourth-order valence-corrected chi connectivity index (χ4v) is 3.65. The maximum absolute atomic E-state index is 13.9. The maximum Gasteiger partial charge on any atom is 0.191 e. The number of nitrogens with zero attached hydrogens (tertiary/aromatic N) is 3. The Balaban J connectivity index is 0.00000261. The Morgan fingerprint density at radius 2 is 2.19 bits per heavy atom. The van der Waals surface area contributed by atoms with E-state index in [2.05, 4.69) is 20.6 Å². The van der Waals surface area contributed by atoms with E-state index in [1.165, 1.54) is 31.7 Å². The van der Waals surface area contributed by atoms with Crippen molar-refractivity contribution in [1.29, 1.82) is 0 Å². The van der Waals surface area contributed by atoms with Gasteiger partial charge in [0.05, 0.1) is 6.10 Å². The topological polar surface area (TPSA) is 61.8 Å². The molecule has 0 spiro atoms. The first kappa shape index (κ1) is 22.1. The minimum atomic E-state index is -0.266. The SMILES string of the molecule is CN=C(NCCCOC1CCCC1)NC1CCN(c2ncccc2F)C1.I. The number of halogens is 2. The molecule has 0 amide bonds. The molecule has 1 atom stereocenters. The van der Waals surface area contributed by atoms with Gasteiger partial charge in [0.15, 0.2) is 17.6 Å². The number of guanidine groups is 1. The molecule has 0 aromatic carbocycles. The van der Waals surface area contributed by atoms with E-state index in [0.29, 0.717) is 11.9 Å². The van der Waals surface area contributed by atoms with Crippen LogP contribution >= 0.6 is 24.0 Å². The van der Waals surface area contributed by atoms with Gasteiger partial charge in [0.2, 0.25) is 0 Å². The van der Waals surface area contributed by atoms with E-state index in [-0.39, 0.29) is 35.8 Å². The maximum atomic E-state index is 13.9. The molecular formula is C19H31FIN5O. The number of anilines is 1. The second-order valence-electron chi connectivity index (χ2n) is 7.01. The van der Waals surface area contributed by atoms with Crippen LogP contribution in [0.25, 0.3) is 0 Å². The van der Waals surface area contributed by atoms with Crippen molar-refractivity contribution in [3.8, 4) is 0 Å². The zero-order chi connectivity index (χ0) is 18.2. The van der Waals surface area contributed by atoms with Gasteiger partial charge < -0.3 is 20.3 Å². The Kier molecular flexibility index (Phi) is 9.53. The highest BCUT2D eigenvalue weighted by molar-refractivity contribution is 14.0. The van der Waals surface area contributed by atoms with Gasteiger partial charge in [-0.1, -0.05) is 12.8 Å². The molecule has 0 radical (unpaired) electrons. The summed E-state index contributed by atoms with van der Waals surface area (Å²) >= 11 is 0. The summed E-state index contributed by atoms with van der Waals surface area (Å²) in [6, 6.07) is 3.31. The lowest BCUT2D eigenvalue weighted by Crippen LogP contribution is -2.45. The molecule has 1 saturated carbocycles. The lowest BCUT2D eigenvalue weighted by atomic mass is 10.3. The average molecular weight is 491 g/mol. The van der Waals surface area contributed by atoms with Crippen LogP contribution in [0.15, 0.2) is 23.3 Å². The Morgan fingerprint density at radius 3 is 2.93 bits per heavy atom. The molecule has 27 heavy (non-hydrogen) atoms. The van der Waals surface area contributed by atoms with Gasteiger partial charge >= 0.3 is 0 Å². The smallest absolute Gasteiger partial charge is 0.191 e. The van der Waals surface area contributed by atoms with Gasteiger partial charge in [-0.3, -0.25) is 4.99 Å². The summed E-state index contributed by atoms with van der Waals surface area (Å²) < 4.78 is 19.8. The number of ether oxygens (including phenoxy) is 1. The quantitative estimate of drug-likeness (QED) is 0.266. The molecular weight excluding hydrogens is 460 g/mol. The molecule has 0 bridgehead atoms. The standard InChI is InChI=1S/C19H30FN5O.HI/c1-21-19(23-11-5-13-26-16-6-2-3-7-16)24-15-9-12-25(14-15)18-17(20)8-4-10-22-18;/h4,8,10,15-16H,2-3,5-7,9,11-14H2,1H3,(H2,21,23,24);1H. The highest BCUT2D eigenvalue weighted by atomic mass is 127. The molecule has 2 fully saturated rings. The third-order valence-electron chi connectivity index (χ3n) is 5.06. The highest BCUT2D eigenvalue weighted by Crippen LogP contribution is 2.21. The van der Waals surface area contributed by atoms with Crippen molar-refractivity contribution < 1.29 is 9.13 Å². The first-order valence-electron chi connectivity index (χ1n) is 9.70. The van der Waals surface area contributed by atoms with Crippen molar-refractivity contribution in [2.24, 2.45) is 4.99 Å². The van der Waals surface area contributed by atoms with E-state index in [9.17, 15) is 4.39 Å². The second-order valence-corrected chi connectivity index (χ2v) is 7.01. The fraction of sp³-hybridized carbons (Fsp3) is 0.684. The van der Waals surface area contributed by atoms with Gasteiger partial charge in [-0.05, 0) is 37.8 Å². The van der Waals surface area contributed by atoms with Crippen LogP contribution in [0.4, 0.5) is 10.2 Å². The molecule has 1 unspecified atom stereocenters. The number of nitrogens with one attached hydrogen (secondary N) is 2. The summed E-state index contributed by atoms with van der Waals surface area (Å²) in [7, 11) is 1.77. The highest BCUT2D eigenvalue weighted by Gasteiger charge is 2.25. The summed E-state index contributed by atoms with van der Waals surface area (Å²) in [6.07, 6.45) is 9.05. The van der Waals surface area contributed by atoms with Gasteiger partial charge in [0, 0.05) is 45.5 Å². The summed E-state index contributed by atoms with van der Waals surface area (Å²) in [5.41, 5.74) is 0. The molecule has 2 N–H and O–H groups in total. The van der Waals surface area contributed by atoms with Crippen molar-refractivity contribution in [2.75, 3.05) is 38.2 Å². The Labute approximate surface area is 178 Å². The van der Waals surface area contributed by atoms with Crippen molar-refractivity contribution in [1.82, 2.24) is 15.6 Å². The van der Waals surface area contributed by atoms with Crippen molar-refractivity contribution in [3.05, 3.63) is 24.1 Å². The van der Waals surface area contributed by atoms with Crippen LogP contribution in [-0.2, 0) is 4.74 Å². The second kappa shape index (κ2) is 11.6. The molecule has 6 nitrogen and oxygen atoms in total. The summed E-state index contributed by atoms with van der Waals surface area (Å²) in [5, 5.41) is 6.76. The number of aliphatic imine (C=N–C) groups is 1. The van der Waals surface area contributed by atoms with E-state index in [4.69, 9.17) is 4.74 Å². The average Bonchev–Trinajstić information content (AvgIpc) is 3.33. The lowest BCUT2D eigenvalue weighted by molar-refractivity contribution is 0.0574. The van der Waals surface area contributed by atoms with Crippen LogP contribution in [0.2, 0.25) is 0 Å². The predicted molar refractivity (Wildman–Crippen MR) is 118 cm³/mol. The molecule has 1 saturated heterocycles. The van der Waals surface area contributed by atoms with E-state index >= 15 is 0 Å². The van der Waals surface area contributed by atoms with Gasteiger partial charge in [0.1, 0.15) is 0 Å². The summed E-state index contributed by atoms with van der Waals surface area (Å²) in [5.74, 6) is 0.959. The van der Waals surface area contributed by atoms with E-state index in [1.54, 1.807) is 19.3 Å². The predicted octanol–water partition coefficient (Wildman–Crippen LogP) is 2.93. The zero-order valence-electron chi connectivity index (χ0n) is 16.0. The normalized spacial score (nSPS) is 20.6. The van der Waals surface area contributed by atoms with Gasteiger partial charge in [-0.15, -0.1) is 24.0 Å². The molecule has 1 aromatic rings. The summed E-state index contributed by atoms with van der Waals surface area (Å²) in [6.45, 7) is 3.14. The number of pyridine rings is 1. The third-order valence-corrected chi connectivity index (χ3v) is 5.06. The monoisotopic (exact) mass is 491 g/mol. The van der Waals surface area contributed by atoms with Crippen molar-refractivity contribution in [2.45, 2.75) is 50.7 Å². The van der Waals surface area contributed by atoms with E-state index in [1.807, 2.05) is 4.90 Å². The minimum absolute atomic E-state index is 0. The van der Waals surface area contributed by atoms with Crippen LogP contribution in [0.5, 0.6) is 0 Å². The molecule has 2 aliphatic rings. The van der Waals surface area contributed by atoms with E-state index in [0.717, 1.165) is 45.0 Å². The van der Waals surface area contributed by atoms with E-state index < -0.39 is 0 Å². The molecule has 8 heteroatoms. The first-order valence-corrected chi connectivity index (χ1v) is 9.70. The van der Waals surface area contributed by atoms with Gasteiger partial charge in [-0.25, -0.2) is 9.37 Å². The minimum Gasteiger partial charge on any atom is -0.378 e. The molecule has 1 aliphatic heterocycles. The molecule has 2 heterocycles. The fourth-order valence-electron chi connectivity index (χ4n) is 3.65. The van der Waals surface area contributed by atoms with Crippen LogP contribution in [0, 0.1) is 5.82 Å². The van der Waals surface area contributed by atoms with Crippen LogP contribution in [-0.4, -0.2) is 56.4 Å². The zero-order valence-corrected chi connectivity index (χ0v) is 18.3. The Hall–Kier alpha value is -1.16. The van der Waals surface area contributed by atoms with Gasteiger partial charge in [0.25, 0.3) is 0 Å². The molecule has 152 valence electrons. The first-order chi connectivity index (χ1) is 12.8. The van der Waals surface area contributed by atoms with Crippen LogP contribution < -0.4 is 15.5 Å². The van der Waals surface area contributed by atoms with Crippen molar-refractivity contribution in [3.63, 3.8) is 0 Å². The lowest BCUT2D eigenvalue weighted by Gasteiger charge is -2.20. The Bertz CT molecular complexity index is 597. The third kappa shape index (κ3) is 6.74. The number of aromatic nitrogens is 1. The van der Waals surface area contributed by atoms with Crippen LogP contribution in [0.1, 0.15) is 38.5 Å². The van der Waals surface area contributed by atoms with Crippen molar-refractivity contribution >= 4 is 35.8 Å². The van der Waals surface area contributed by atoms with Crippen LogP contribution in [0.3, 0.4) is 0 Å². The molecule has 3 rings (SSSR count). The Morgan fingerprint density at radius 1 is 1.37 bits per heavy atom. The summed E-state index contributed by atoms with van der Waals surface area (Å²) in [4.78, 5) is 10.4. The largest absolute Gasteiger partial charge is 0.378 e. The number of hydrogen-bond donors (Lipinski definition) is 2. The number of hydrogen-bond acceptors (Lipinski definition) is 4. The molecule has 1 aromatic heterocycles. The molecule has 1 aliphatic carbocycles.